The summed E-state index contributed by atoms with van der Waals surface area (Å²) in [6, 6.07) is 0. The molecule has 0 spiro atoms. The fourth-order valence-corrected chi connectivity index (χ4v) is 2.67. The van der Waals surface area contributed by atoms with Gasteiger partial charge in [0.2, 0.25) is 0 Å². The monoisotopic (exact) mass is 244 g/mol. The van der Waals surface area contributed by atoms with E-state index in [0.717, 1.165) is 6.42 Å². The molecule has 0 aromatic heterocycles. The zero-order valence-corrected chi connectivity index (χ0v) is 10.8. The Morgan fingerprint density at radius 2 is 1.53 bits per heavy atom. The van der Waals surface area contributed by atoms with E-state index < -0.39 is 11.6 Å². The Morgan fingerprint density at radius 3 is 2.12 bits per heavy atom. The van der Waals surface area contributed by atoms with E-state index in [4.69, 9.17) is 23.7 Å². The number of fused-ring (bicyclic) bond motifs is 1. The summed E-state index contributed by atoms with van der Waals surface area (Å²) in [6.45, 7) is 8.21. The van der Waals surface area contributed by atoms with Crippen molar-refractivity contribution in [2.75, 3.05) is 6.61 Å². The van der Waals surface area contributed by atoms with Gasteiger partial charge in [-0.1, -0.05) is 0 Å². The van der Waals surface area contributed by atoms with E-state index in [2.05, 4.69) is 0 Å². The molecule has 3 aliphatic rings. The van der Waals surface area contributed by atoms with Crippen molar-refractivity contribution in [3.8, 4) is 0 Å². The first-order valence-corrected chi connectivity index (χ1v) is 6.18. The highest BCUT2D eigenvalue weighted by Gasteiger charge is 2.52. The van der Waals surface area contributed by atoms with Crippen LogP contribution < -0.4 is 0 Å². The molecule has 0 radical (unpaired) electrons. The predicted octanol–water partition coefficient (Wildman–Crippen LogP) is 1.40. The van der Waals surface area contributed by atoms with E-state index >= 15 is 0 Å². The lowest BCUT2D eigenvalue weighted by Gasteiger charge is -2.23. The van der Waals surface area contributed by atoms with Gasteiger partial charge in [-0.2, -0.15) is 0 Å². The van der Waals surface area contributed by atoms with E-state index in [1.54, 1.807) is 0 Å². The van der Waals surface area contributed by atoms with Crippen molar-refractivity contribution in [2.45, 2.75) is 70.3 Å². The second-order valence-corrected chi connectivity index (χ2v) is 5.82. The van der Waals surface area contributed by atoms with Crippen LogP contribution in [-0.2, 0) is 23.7 Å². The van der Waals surface area contributed by atoms with Gasteiger partial charge in [-0.3, -0.25) is 0 Å². The van der Waals surface area contributed by atoms with Crippen molar-refractivity contribution in [2.24, 2.45) is 0 Å². The fourth-order valence-electron chi connectivity index (χ4n) is 2.67. The van der Waals surface area contributed by atoms with Crippen LogP contribution in [0.25, 0.3) is 0 Å². The summed E-state index contributed by atoms with van der Waals surface area (Å²) in [6.07, 6.45) is 0.538. The molecular weight excluding hydrogens is 224 g/mol. The van der Waals surface area contributed by atoms with E-state index in [9.17, 15) is 0 Å². The lowest BCUT2D eigenvalue weighted by Crippen LogP contribution is -2.33. The number of ether oxygens (including phenoxy) is 5. The van der Waals surface area contributed by atoms with Gasteiger partial charge in [-0.15, -0.1) is 0 Å². The maximum absolute atomic E-state index is 5.85. The molecule has 0 aliphatic carbocycles. The second-order valence-electron chi connectivity index (χ2n) is 5.82. The average Bonchev–Trinajstić information content (AvgIpc) is 2.75. The molecule has 17 heavy (non-hydrogen) atoms. The number of hydrogen-bond acceptors (Lipinski definition) is 5. The van der Waals surface area contributed by atoms with Crippen LogP contribution in [0.5, 0.6) is 0 Å². The molecular formula is C12H20O5. The summed E-state index contributed by atoms with van der Waals surface area (Å²) in [5.74, 6) is -1.04. The van der Waals surface area contributed by atoms with Crippen LogP contribution in [0.3, 0.4) is 0 Å². The molecule has 0 bridgehead atoms. The largest absolute Gasteiger partial charge is 0.348 e. The van der Waals surface area contributed by atoms with Crippen LogP contribution in [0.2, 0.25) is 0 Å². The van der Waals surface area contributed by atoms with Crippen molar-refractivity contribution in [1.29, 1.82) is 0 Å². The van der Waals surface area contributed by atoms with Crippen LogP contribution in [0.15, 0.2) is 0 Å². The zero-order valence-electron chi connectivity index (χ0n) is 10.8. The molecule has 3 rings (SSSR count). The Bertz CT molecular complexity index is 298. The third-order valence-electron chi connectivity index (χ3n) is 3.36. The lowest BCUT2D eigenvalue weighted by molar-refractivity contribution is -0.220. The van der Waals surface area contributed by atoms with Gasteiger partial charge in [0.1, 0.15) is 12.2 Å². The molecule has 3 heterocycles. The fraction of sp³-hybridized carbons (Fsp3) is 1.00. The third-order valence-corrected chi connectivity index (χ3v) is 3.36. The molecule has 0 N–H and O–H groups in total. The summed E-state index contributed by atoms with van der Waals surface area (Å²) < 4.78 is 28.6. The van der Waals surface area contributed by atoms with Gasteiger partial charge in [-0.25, -0.2) is 0 Å². The molecule has 98 valence electrons. The van der Waals surface area contributed by atoms with Gasteiger partial charge in [0.15, 0.2) is 17.9 Å². The topological polar surface area (TPSA) is 46.2 Å². The van der Waals surface area contributed by atoms with Gasteiger partial charge < -0.3 is 23.7 Å². The minimum atomic E-state index is -0.535. The van der Waals surface area contributed by atoms with E-state index in [0.29, 0.717) is 6.61 Å². The SMILES string of the molecule is CC1(C)OC2CC([C@H]3COC(C)(C)O3)OC2O1. The van der Waals surface area contributed by atoms with Crippen LogP contribution in [0.1, 0.15) is 34.1 Å². The summed E-state index contributed by atoms with van der Waals surface area (Å²) in [4.78, 5) is 0. The number of rotatable bonds is 1. The van der Waals surface area contributed by atoms with Gasteiger partial charge in [0.25, 0.3) is 0 Å². The lowest BCUT2D eigenvalue weighted by atomic mass is 10.1. The van der Waals surface area contributed by atoms with E-state index in [1.807, 2.05) is 27.7 Å². The Balaban J connectivity index is 1.60. The first kappa shape index (κ1) is 11.9. The van der Waals surface area contributed by atoms with Crippen molar-refractivity contribution in [1.82, 2.24) is 0 Å². The van der Waals surface area contributed by atoms with Crippen molar-refractivity contribution in [3.63, 3.8) is 0 Å². The van der Waals surface area contributed by atoms with E-state index in [-0.39, 0.29) is 24.6 Å². The van der Waals surface area contributed by atoms with Gasteiger partial charge in [-0.05, 0) is 27.7 Å². The maximum Gasteiger partial charge on any atom is 0.187 e. The molecule has 3 saturated heterocycles. The first-order valence-electron chi connectivity index (χ1n) is 6.18. The smallest absolute Gasteiger partial charge is 0.187 e. The normalized spacial score (nSPS) is 47.3. The van der Waals surface area contributed by atoms with Crippen molar-refractivity contribution >= 4 is 0 Å². The highest BCUT2D eigenvalue weighted by Crippen LogP contribution is 2.40. The number of hydrogen-bond donors (Lipinski definition) is 0. The molecule has 5 heteroatoms. The Morgan fingerprint density at radius 1 is 0.824 bits per heavy atom. The molecule has 0 aromatic carbocycles. The third kappa shape index (κ3) is 2.22. The molecule has 3 aliphatic heterocycles. The summed E-state index contributed by atoms with van der Waals surface area (Å²) in [7, 11) is 0. The summed E-state index contributed by atoms with van der Waals surface area (Å²) in [5, 5.41) is 0. The Labute approximate surface area is 101 Å². The highest BCUT2D eigenvalue weighted by atomic mass is 16.8. The predicted molar refractivity (Wildman–Crippen MR) is 58.2 cm³/mol. The molecule has 3 fully saturated rings. The maximum atomic E-state index is 5.85. The van der Waals surface area contributed by atoms with Crippen LogP contribution >= 0.6 is 0 Å². The molecule has 4 atom stereocenters. The molecule has 5 nitrogen and oxygen atoms in total. The van der Waals surface area contributed by atoms with Crippen molar-refractivity contribution < 1.29 is 23.7 Å². The quantitative estimate of drug-likeness (QED) is 0.697. The standard InChI is InChI=1S/C12H20O5/c1-11(2)13-6-9(16-11)7-5-8-10(14-7)17-12(3,4)15-8/h7-10H,5-6H2,1-4H3/t7?,8?,9-,10?/m1/s1. The molecule has 0 amide bonds. The van der Waals surface area contributed by atoms with Crippen LogP contribution in [0, 0.1) is 0 Å². The Kier molecular flexibility index (Phi) is 2.55. The Hall–Kier alpha value is -0.200. The summed E-state index contributed by atoms with van der Waals surface area (Å²) in [5.41, 5.74) is 0. The van der Waals surface area contributed by atoms with E-state index in [1.165, 1.54) is 0 Å². The minimum Gasteiger partial charge on any atom is -0.348 e. The summed E-state index contributed by atoms with van der Waals surface area (Å²) >= 11 is 0. The molecule has 0 aromatic rings. The second kappa shape index (κ2) is 3.65. The van der Waals surface area contributed by atoms with Crippen LogP contribution in [0.4, 0.5) is 0 Å². The molecule has 0 saturated carbocycles. The van der Waals surface area contributed by atoms with Gasteiger partial charge in [0.05, 0.1) is 12.7 Å². The zero-order chi connectivity index (χ0) is 12.3. The van der Waals surface area contributed by atoms with Gasteiger partial charge >= 0.3 is 0 Å². The average molecular weight is 244 g/mol. The first-order chi connectivity index (χ1) is 7.85. The van der Waals surface area contributed by atoms with Crippen molar-refractivity contribution in [3.05, 3.63) is 0 Å². The van der Waals surface area contributed by atoms with Crippen LogP contribution in [-0.4, -0.2) is 42.8 Å². The minimum absolute atomic E-state index is 0.00266. The van der Waals surface area contributed by atoms with Gasteiger partial charge in [0, 0.05) is 6.42 Å². The highest BCUT2D eigenvalue weighted by molar-refractivity contribution is 4.90. The molecule has 3 unspecified atom stereocenters.